The van der Waals surface area contributed by atoms with Crippen molar-refractivity contribution in [3.63, 3.8) is 0 Å². The summed E-state index contributed by atoms with van der Waals surface area (Å²) in [7, 11) is 1.64. The van der Waals surface area contributed by atoms with Crippen LogP contribution < -0.4 is 15.8 Å². The quantitative estimate of drug-likeness (QED) is 0.111. The summed E-state index contributed by atoms with van der Waals surface area (Å²) in [5.41, 5.74) is 17.5. The van der Waals surface area contributed by atoms with Gasteiger partial charge in [-0.2, -0.15) is 5.10 Å². The number of unbranched alkanes of at least 4 members (excludes halogenated alkanes) is 1. The van der Waals surface area contributed by atoms with Gasteiger partial charge in [-0.05, 0) is 42.6 Å². The van der Waals surface area contributed by atoms with Crippen LogP contribution in [0.4, 0.5) is 5.82 Å². The Labute approximate surface area is 206 Å². The lowest BCUT2D eigenvalue weighted by Crippen LogP contribution is -2.25. The smallest absolute Gasteiger partial charge is 0.222 e. The number of carbonyl (C=O) groups is 1. The van der Waals surface area contributed by atoms with E-state index in [1.807, 2.05) is 28.9 Å². The highest BCUT2D eigenvalue weighted by Gasteiger charge is 2.18. The zero-order valence-electron chi connectivity index (χ0n) is 20.0. The second kappa shape index (κ2) is 11.9. The summed E-state index contributed by atoms with van der Waals surface area (Å²) in [5, 5.41) is 12.7. The highest BCUT2D eigenvalue weighted by Crippen LogP contribution is 2.32. The van der Waals surface area contributed by atoms with E-state index in [1.54, 1.807) is 7.11 Å². The first kappa shape index (κ1) is 24.8. The van der Waals surface area contributed by atoms with E-state index in [2.05, 4.69) is 30.3 Å². The molecule has 3 aromatic heterocycles. The van der Waals surface area contributed by atoms with E-state index in [0.717, 1.165) is 35.2 Å². The number of aromatic amines is 1. The van der Waals surface area contributed by atoms with Gasteiger partial charge in [0.15, 0.2) is 5.65 Å². The van der Waals surface area contributed by atoms with Gasteiger partial charge in [0.1, 0.15) is 23.6 Å². The Morgan fingerprint density at radius 3 is 3.00 bits per heavy atom. The summed E-state index contributed by atoms with van der Waals surface area (Å²) in [6.07, 6.45) is 3.25. The third kappa shape index (κ3) is 5.82. The summed E-state index contributed by atoms with van der Waals surface area (Å²) in [6, 6.07) is 7.82. The van der Waals surface area contributed by atoms with Crippen molar-refractivity contribution in [3.05, 3.63) is 41.0 Å². The minimum absolute atomic E-state index is 0.0819. The number of aromatic nitrogens is 5. The topological polar surface area (TPSA) is 182 Å². The lowest BCUT2D eigenvalue weighted by atomic mass is 10.2. The standard InChI is InChI=1S/C23H28N10O3/c1-35-16-4-5-17-15(12-16)13-18(30-17)21-20-22(24)27-14-28-23(20)33(31-21)9-3-2-7-26-19(34)6-10-36-11-8-29-32-25/h4-5,12-14,30H,2-3,6-11H2,1H3,(H,26,34)(H2,24,27,28). The number of amides is 1. The van der Waals surface area contributed by atoms with Gasteiger partial charge >= 0.3 is 0 Å². The van der Waals surface area contributed by atoms with E-state index in [1.165, 1.54) is 6.33 Å². The number of carbonyl (C=O) groups excluding carboxylic acids is 1. The molecule has 36 heavy (non-hydrogen) atoms. The fourth-order valence-corrected chi connectivity index (χ4v) is 3.86. The van der Waals surface area contributed by atoms with Gasteiger partial charge in [-0.25, -0.2) is 14.6 Å². The predicted octanol–water partition coefficient (Wildman–Crippen LogP) is 3.18. The lowest BCUT2D eigenvalue weighted by molar-refractivity contribution is -0.122. The maximum atomic E-state index is 11.9. The number of ether oxygens (including phenoxy) is 2. The largest absolute Gasteiger partial charge is 0.497 e. The van der Waals surface area contributed by atoms with Crippen LogP contribution >= 0.6 is 0 Å². The molecule has 4 rings (SSSR count). The van der Waals surface area contributed by atoms with Crippen molar-refractivity contribution in [3.8, 4) is 17.1 Å². The van der Waals surface area contributed by atoms with Crippen LogP contribution in [-0.4, -0.2) is 64.1 Å². The predicted molar refractivity (Wildman–Crippen MR) is 135 cm³/mol. The number of aryl methyl sites for hydroxylation is 1. The molecule has 188 valence electrons. The van der Waals surface area contributed by atoms with Gasteiger partial charge in [0.05, 0.1) is 31.4 Å². The highest BCUT2D eigenvalue weighted by molar-refractivity contribution is 6.00. The number of nitrogens with zero attached hydrogens (tertiary/aromatic N) is 7. The fraction of sp³-hybridized carbons (Fsp3) is 0.391. The van der Waals surface area contributed by atoms with Gasteiger partial charge in [0.25, 0.3) is 0 Å². The molecule has 0 bridgehead atoms. The Hall–Kier alpha value is -4.35. The Balaban J connectivity index is 1.36. The summed E-state index contributed by atoms with van der Waals surface area (Å²) >= 11 is 0. The van der Waals surface area contributed by atoms with Crippen molar-refractivity contribution < 1.29 is 14.3 Å². The summed E-state index contributed by atoms with van der Waals surface area (Å²) in [5.74, 6) is 1.06. The van der Waals surface area contributed by atoms with Gasteiger partial charge in [-0.3, -0.25) is 4.79 Å². The Morgan fingerprint density at radius 2 is 2.17 bits per heavy atom. The third-order valence-electron chi connectivity index (χ3n) is 5.63. The van der Waals surface area contributed by atoms with Gasteiger partial charge in [0.2, 0.25) is 5.91 Å². The van der Waals surface area contributed by atoms with Crippen LogP contribution in [0.1, 0.15) is 19.3 Å². The molecule has 13 heteroatoms. The number of fused-ring (bicyclic) bond motifs is 2. The van der Waals surface area contributed by atoms with Crippen LogP contribution in [0.2, 0.25) is 0 Å². The monoisotopic (exact) mass is 492 g/mol. The van der Waals surface area contributed by atoms with Crippen LogP contribution in [0.5, 0.6) is 5.75 Å². The summed E-state index contributed by atoms with van der Waals surface area (Å²) in [4.78, 5) is 26.5. The SMILES string of the molecule is COc1ccc2[nH]c(-c3nn(CCCCNC(=O)CCOCCN=[N+]=[N-])c4ncnc(N)c34)cc2c1. The molecule has 0 radical (unpaired) electrons. The lowest BCUT2D eigenvalue weighted by Gasteiger charge is -2.06. The number of nitrogens with two attached hydrogens (primary N) is 1. The zero-order valence-corrected chi connectivity index (χ0v) is 20.0. The van der Waals surface area contributed by atoms with Crippen molar-refractivity contribution in [2.24, 2.45) is 5.11 Å². The molecule has 0 aliphatic heterocycles. The number of hydrogen-bond acceptors (Lipinski definition) is 8. The average Bonchev–Trinajstić information content (AvgIpc) is 3.47. The van der Waals surface area contributed by atoms with Crippen LogP contribution in [-0.2, 0) is 16.1 Å². The first-order valence-electron chi connectivity index (χ1n) is 11.6. The Bertz CT molecular complexity index is 1390. The molecule has 4 N–H and O–H groups in total. The molecule has 0 fully saturated rings. The highest BCUT2D eigenvalue weighted by atomic mass is 16.5. The molecular weight excluding hydrogens is 464 g/mol. The molecule has 1 aromatic carbocycles. The maximum absolute atomic E-state index is 11.9. The molecule has 1 amide bonds. The number of methoxy groups -OCH3 is 1. The Morgan fingerprint density at radius 1 is 1.28 bits per heavy atom. The van der Waals surface area contributed by atoms with Crippen molar-refractivity contribution in [1.82, 2.24) is 30.0 Å². The average molecular weight is 493 g/mol. The van der Waals surface area contributed by atoms with E-state index in [9.17, 15) is 4.79 Å². The molecular formula is C23H28N10O3. The molecule has 0 saturated heterocycles. The molecule has 0 aliphatic rings. The van der Waals surface area contributed by atoms with Crippen molar-refractivity contribution in [2.75, 3.05) is 39.1 Å². The maximum Gasteiger partial charge on any atom is 0.222 e. The fourth-order valence-electron chi connectivity index (χ4n) is 3.86. The molecule has 0 spiro atoms. The molecule has 0 saturated carbocycles. The summed E-state index contributed by atoms with van der Waals surface area (Å²) in [6.45, 7) is 2.01. The van der Waals surface area contributed by atoms with Crippen molar-refractivity contribution in [2.45, 2.75) is 25.8 Å². The Kier molecular flexibility index (Phi) is 8.16. The number of nitrogens with one attached hydrogen (secondary N) is 2. The van der Waals surface area contributed by atoms with Crippen LogP contribution in [0, 0.1) is 0 Å². The first-order valence-corrected chi connectivity index (χ1v) is 11.6. The van der Waals surface area contributed by atoms with Crippen molar-refractivity contribution in [1.29, 1.82) is 0 Å². The number of nitrogen functional groups attached to an aromatic ring is 1. The molecule has 3 heterocycles. The number of hydrogen-bond donors (Lipinski definition) is 3. The van der Waals surface area contributed by atoms with E-state index in [4.69, 9.17) is 25.8 Å². The van der Waals surface area contributed by atoms with Crippen LogP contribution in [0.15, 0.2) is 35.7 Å². The molecule has 0 unspecified atom stereocenters. The number of anilines is 1. The molecule has 0 aliphatic carbocycles. The third-order valence-corrected chi connectivity index (χ3v) is 5.63. The van der Waals surface area contributed by atoms with Gasteiger partial charge < -0.3 is 25.5 Å². The minimum Gasteiger partial charge on any atom is -0.497 e. The van der Waals surface area contributed by atoms with E-state index >= 15 is 0 Å². The van der Waals surface area contributed by atoms with Crippen molar-refractivity contribution >= 4 is 33.7 Å². The molecule has 13 nitrogen and oxygen atoms in total. The summed E-state index contributed by atoms with van der Waals surface area (Å²) < 4.78 is 12.4. The van der Waals surface area contributed by atoms with Crippen LogP contribution in [0.3, 0.4) is 0 Å². The first-order chi connectivity index (χ1) is 17.6. The number of H-pyrrole nitrogens is 1. The van der Waals surface area contributed by atoms with E-state index in [0.29, 0.717) is 42.2 Å². The van der Waals surface area contributed by atoms with E-state index in [-0.39, 0.29) is 25.5 Å². The van der Waals surface area contributed by atoms with Gasteiger partial charge in [-0.15, -0.1) is 0 Å². The zero-order chi connectivity index (χ0) is 25.3. The van der Waals surface area contributed by atoms with Gasteiger partial charge in [-0.1, -0.05) is 5.11 Å². The number of azide groups is 1. The van der Waals surface area contributed by atoms with Crippen LogP contribution in [0.25, 0.3) is 43.8 Å². The normalized spacial score (nSPS) is 11.0. The molecule has 0 atom stereocenters. The number of benzene rings is 1. The molecule has 4 aromatic rings. The second-order valence-corrected chi connectivity index (χ2v) is 8.04. The second-order valence-electron chi connectivity index (χ2n) is 8.04. The van der Waals surface area contributed by atoms with Gasteiger partial charge in [0, 0.05) is 41.9 Å². The van der Waals surface area contributed by atoms with E-state index < -0.39 is 0 Å². The number of rotatable bonds is 13. The minimum atomic E-state index is -0.0819.